The molecule has 0 aromatic carbocycles. The highest BCUT2D eigenvalue weighted by molar-refractivity contribution is 5.94. The predicted octanol–water partition coefficient (Wildman–Crippen LogP) is 2.42. The van der Waals surface area contributed by atoms with Gasteiger partial charge in [-0.2, -0.15) is 5.10 Å². The Kier molecular flexibility index (Phi) is 7.75. The third-order valence-electron chi connectivity index (χ3n) is 4.12. The molecule has 6 heteroatoms. The molecule has 1 atom stereocenters. The second-order valence-corrected chi connectivity index (χ2v) is 5.58. The second kappa shape index (κ2) is 9.05. The average molecular weight is 315 g/mol. The number of unbranched alkanes of at least 4 members (excludes halogenated alkanes) is 1. The number of aromatic amines is 1. The Bertz CT molecular complexity index is 447. The van der Waals surface area contributed by atoms with Crippen molar-refractivity contribution in [3.8, 4) is 0 Å². The van der Waals surface area contributed by atoms with Gasteiger partial charge in [-0.25, -0.2) is 0 Å². The summed E-state index contributed by atoms with van der Waals surface area (Å²) in [5.74, 6) is 0.535. The van der Waals surface area contributed by atoms with Crippen LogP contribution in [0.1, 0.15) is 61.3 Å². The standard InChI is InChI=1S/C15H26N4O.ClH/c1-3-5-6-11(4-2)9-17-15(20)14-12-10-16-8-7-13(12)18-19-14;/h11,16H,3-10H2,1-2H3,(H,17,20)(H,18,19);1H. The van der Waals surface area contributed by atoms with Gasteiger partial charge in [0.25, 0.3) is 5.91 Å². The SMILES string of the molecule is CCCCC(CC)CNC(=O)c1n[nH]c2c1CNCC2.Cl. The highest BCUT2D eigenvalue weighted by atomic mass is 35.5. The molecule has 0 spiro atoms. The number of carbonyl (C=O) groups is 1. The maximum Gasteiger partial charge on any atom is 0.272 e. The van der Waals surface area contributed by atoms with Crippen molar-refractivity contribution in [2.24, 2.45) is 5.92 Å². The number of fused-ring (bicyclic) bond motifs is 1. The fourth-order valence-corrected chi connectivity index (χ4v) is 2.68. The highest BCUT2D eigenvalue weighted by Crippen LogP contribution is 2.16. The third-order valence-corrected chi connectivity index (χ3v) is 4.12. The molecule has 21 heavy (non-hydrogen) atoms. The molecule has 1 unspecified atom stereocenters. The quantitative estimate of drug-likeness (QED) is 0.724. The lowest BCUT2D eigenvalue weighted by molar-refractivity contribution is 0.0939. The molecule has 1 aromatic rings. The molecular weight excluding hydrogens is 288 g/mol. The number of hydrogen-bond acceptors (Lipinski definition) is 3. The van der Waals surface area contributed by atoms with E-state index in [1.807, 2.05) is 0 Å². The molecule has 5 nitrogen and oxygen atoms in total. The largest absolute Gasteiger partial charge is 0.350 e. The van der Waals surface area contributed by atoms with Gasteiger partial charge in [-0.3, -0.25) is 9.89 Å². The minimum atomic E-state index is -0.0406. The number of halogens is 1. The van der Waals surface area contributed by atoms with Crippen LogP contribution < -0.4 is 10.6 Å². The Morgan fingerprint density at radius 2 is 2.24 bits per heavy atom. The number of nitrogens with one attached hydrogen (secondary N) is 3. The van der Waals surface area contributed by atoms with Gasteiger partial charge in [0, 0.05) is 37.3 Å². The maximum atomic E-state index is 12.3. The predicted molar refractivity (Wildman–Crippen MR) is 86.9 cm³/mol. The lowest BCUT2D eigenvalue weighted by Crippen LogP contribution is -2.31. The molecule has 0 fully saturated rings. The first kappa shape index (κ1) is 18.0. The van der Waals surface area contributed by atoms with Crippen molar-refractivity contribution in [1.29, 1.82) is 0 Å². The van der Waals surface area contributed by atoms with E-state index in [9.17, 15) is 4.79 Å². The van der Waals surface area contributed by atoms with Crippen LogP contribution in [0, 0.1) is 5.92 Å². The minimum absolute atomic E-state index is 0. The molecule has 1 aliphatic heterocycles. The van der Waals surface area contributed by atoms with E-state index in [0.29, 0.717) is 11.6 Å². The molecule has 0 saturated carbocycles. The molecule has 0 bridgehead atoms. The van der Waals surface area contributed by atoms with Crippen LogP contribution in [0.15, 0.2) is 0 Å². The molecule has 2 rings (SSSR count). The van der Waals surface area contributed by atoms with Gasteiger partial charge in [-0.05, 0) is 12.3 Å². The summed E-state index contributed by atoms with van der Waals surface area (Å²) >= 11 is 0. The van der Waals surface area contributed by atoms with Crippen LogP contribution in [0.4, 0.5) is 0 Å². The van der Waals surface area contributed by atoms with Crippen molar-refractivity contribution in [3.63, 3.8) is 0 Å². The molecule has 1 aliphatic rings. The summed E-state index contributed by atoms with van der Waals surface area (Å²) in [5, 5.41) is 13.5. The van der Waals surface area contributed by atoms with E-state index in [0.717, 1.165) is 43.7 Å². The van der Waals surface area contributed by atoms with Gasteiger partial charge >= 0.3 is 0 Å². The molecule has 0 radical (unpaired) electrons. The first-order valence-electron chi connectivity index (χ1n) is 7.81. The van der Waals surface area contributed by atoms with Gasteiger partial charge in [0.1, 0.15) is 0 Å². The van der Waals surface area contributed by atoms with Gasteiger partial charge in [0.15, 0.2) is 5.69 Å². The van der Waals surface area contributed by atoms with E-state index in [1.165, 1.54) is 19.3 Å². The summed E-state index contributed by atoms with van der Waals surface area (Å²) in [7, 11) is 0. The monoisotopic (exact) mass is 314 g/mol. The molecular formula is C15H27ClN4O. The Balaban J connectivity index is 0.00000220. The van der Waals surface area contributed by atoms with Crippen molar-refractivity contribution in [2.75, 3.05) is 13.1 Å². The van der Waals surface area contributed by atoms with E-state index < -0.39 is 0 Å². The lowest BCUT2D eigenvalue weighted by atomic mass is 9.99. The summed E-state index contributed by atoms with van der Waals surface area (Å²) in [5.41, 5.74) is 2.71. The second-order valence-electron chi connectivity index (χ2n) is 5.58. The van der Waals surface area contributed by atoms with E-state index in [2.05, 4.69) is 34.7 Å². The average Bonchev–Trinajstić information content (AvgIpc) is 2.91. The fourth-order valence-electron chi connectivity index (χ4n) is 2.68. The van der Waals surface area contributed by atoms with E-state index in [-0.39, 0.29) is 18.3 Å². The summed E-state index contributed by atoms with van der Waals surface area (Å²) in [6, 6.07) is 0. The number of aromatic nitrogens is 2. The first-order valence-corrected chi connectivity index (χ1v) is 7.81. The van der Waals surface area contributed by atoms with Crippen LogP contribution in [-0.4, -0.2) is 29.2 Å². The highest BCUT2D eigenvalue weighted by Gasteiger charge is 2.21. The molecule has 1 aromatic heterocycles. The van der Waals surface area contributed by atoms with Crippen molar-refractivity contribution in [1.82, 2.24) is 20.8 Å². The van der Waals surface area contributed by atoms with Crippen LogP contribution in [0.25, 0.3) is 0 Å². The molecule has 1 amide bonds. The van der Waals surface area contributed by atoms with Crippen molar-refractivity contribution < 1.29 is 4.79 Å². The summed E-state index contributed by atoms with van der Waals surface area (Å²) in [6.45, 7) is 6.83. The van der Waals surface area contributed by atoms with Crippen LogP contribution in [0.5, 0.6) is 0 Å². The number of nitrogens with zero attached hydrogens (tertiary/aromatic N) is 1. The van der Waals surface area contributed by atoms with E-state index in [1.54, 1.807) is 0 Å². The molecule has 0 aliphatic carbocycles. The topological polar surface area (TPSA) is 69.8 Å². The zero-order chi connectivity index (χ0) is 14.4. The zero-order valence-electron chi connectivity index (χ0n) is 13.0. The van der Waals surface area contributed by atoms with Crippen molar-refractivity contribution in [3.05, 3.63) is 17.0 Å². The van der Waals surface area contributed by atoms with E-state index in [4.69, 9.17) is 0 Å². The Morgan fingerprint density at radius 1 is 1.43 bits per heavy atom. The van der Waals surface area contributed by atoms with Gasteiger partial charge in [0.2, 0.25) is 0 Å². The summed E-state index contributed by atoms with van der Waals surface area (Å²) < 4.78 is 0. The number of rotatable bonds is 7. The van der Waals surface area contributed by atoms with Crippen LogP contribution in [-0.2, 0) is 13.0 Å². The lowest BCUT2D eigenvalue weighted by Gasteiger charge is -2.16. The Hall–Kier alpha value is -1.07. The van der Waals surface area contributed by atoms with E-state index >= 15 is 0 Å². The number of H-pyrrole nitrogens is 1. The molecule has 0 saturated heterocycles. The summed E-state index contributed by atoms with van der Waals surface area (Å²) in [4.78, 5) is 12.3. The van der Waals surface area contributed by atoms with Gasteiger partial charge in [0.05, 0.1) is 0 Å². The molecule has 120 valence electrons. The van der Waals surface area contributed by atoms with Crippen molar-refractivity contribution >= 4 is 18.3 Å². The number of carbonyl (C=O) groups excluding carboxylic acids is 1. The molecule has 3 N–H and O–H groups in total. The van der Waals surface area contributed by atoms with Crippen LogP contribution >= 0.6 is 12.4 Å². The zero-order valence-corrected chi connectivity index (χ0v) is 13.8. The fraction of sp³-hybridized carbons (Fsp3) is 0.733. The first-order chi connectivity index (χ1) is 9.76. The number of hydrogen-bond donors (Lipinski definition) is 3. The maximum absolute atomic E-state index is 12.3. The smallest absolute Gasteiger partial charge is 0.272 e. The van der Waals surface area contributed by atoms with Gasteiger partial charge in [-0.15, -0.1) is 12.4 Å². The summed E-state index contributed by atoms with van der Waals surface area (Å²) in [6.07, 6.45) is 5.66. The Labute approximate surface area is 133 Å². The van der Waals surface area contributed by atoms with Gasteiger partial charge < -0.3 is 10.6 Å². The Morgan fingerprint density at radius 3 is 2.95 bits per heavy atom. The van der Waals surface area contributed by atoms with Gasteiger partial charge in [-0.1, -0.05) is 33.1 Å². The molecule has 2 heterocycles. The third kappa shape index (κ3) is 4.71. The van der Waals surface area contributed by atoms with Crippen LogP contribution in [0.2, 0.25) is 0 Å². The normalized spacial score (nSPS) is 15.0. The minimum Gasteiger partial charge on any atom is -0.350 e. The van der Waals surface area contributed by atoms with Crippen LogP contribution in [0.3, 0.4) is 0 Å². The number of amides is 1. The van der Waals surface area contributed by atoms with Crippen molar-refractivity contribution in [2.45, 2.75) is 52.5 Å².